The number of hydrogen-bond donors (Lipinski definition) is 0. The second kappa shape index (κ2) is 3.73. The van der Waals surface area contributed by atoms with Crippen molar-refractivity contribution < 1.29 is 0 Å². The Labute approximate surface area is 78.8 Å². The zero-order valence-corrected chi connectivity index (χ0v) is 7.98. The molecule has 1 aliphatic rings. The van der Waals surface area contributed by atoms with Gasteiger partial charge in [0.25, 0.3) is 0 Å². The van der Waals surface area contributed by atoms with Crippen molar-refractivity contribution in [2.45, 2.75) is 19.8 Å². The van der Waals surface area contributed by atoms with Crippen molar-refractivity contribution in [2.75, 3.05) is 18.0 Å². The van der Waals surface area contributed by atoms with Crippen molar-refractivity contribution in [3.8, 4) is 0 Å². The molecule has 1 aliphatic heterocycles. The van der Waals surface area contributed by atoms with Gasteiger partial charge in [0, 0.05) is 19.3 Å². The lowest BCUT2D eigenvalue weighted by Crippen LogP contribution is -2.34. The van der Waals surface area contributed by atoms with E-state index in [4.69, 9.17) is 0 Å². The maximum atomic E-state index is 4.25. The predicted octanol–water partition coefficient (Wildman–Crippen LogP) is 1.71. The van der Waals surface area contributed by atoms with Crippen molar-refractivity contribution in [1.29, 1.82) is 0 Å². The Morgan fingerprint density at radius 3 is 3.15 bits per heavy atom. The zero-order chi connectivity index (χ0) is 9.10. The van der Waals surface area contributed by atoms with Gasteiger partial charge in [0.1, 0.15) is 12.1 Å². The van der Waals surface area contributed by atoms with Crippen LogP contribution in [0.25, 0.3) is 0 Å². The molecule has 1 unspecified atom stereocenters. The molecule has 1 atom stereocenters. The Kier molecular flexibility index (Phi) is 2.43. The summed E-state index contributed by atoms with van der Waals surface area (Å²) < 4.78 is 0. The number of rotatable bonds is 1. The van der Waals surface area contributed by atoms with Crippen molar-refractivity contribution in [2.24, 2.45) is 5.92 Å². The molecule has 0 bridgehead atoms. The summed E-state index contributed by atoms with van der Waals surface area (Å²) in [4.78, 5) is 10.5. The van der Waals surface area contributed by atoms with E-state index in [0.717, 1.165) is 24.8 Å². The van der Waals surface area contributed by atoms with E-state index in [-0.39, 0.29) is 0 Å². The maximum Gasteiger partial charge on any atom is 0.131 e. The minimum Gasteiger partial charge on any atom is -0.356 e. The lowest BCUT2D eigenvalue weighted by Gasteiger charge is -2.31. The molecular formula is C10H15N3. The summed E-state index contributed by atoms with van der Waals surface area (Å²) in [7, 11) is 0. The number of nitrogens with zero attached hydrogens (tertiary/aromatic N) is 3. The van der Waals surface area contributed by atoms with Gasteiger partial charge in [0.15, 0.2) is 0 Å². The molecule has 1 aromatic heterocycles. The molecule has 0 amide bonds. The van der Waals surface area contributed by atoms with E-state index < -0.39 is 0 Å². The molecule has 0 saturated carbocycles. The van der Waals surface area contributed by atoms with E-state index in [9.17, 15) is 0 Å². The van der Waals surface area contributed by atoms with Gasteiger partial charge in [-0.3, -0.25) is 0 Å². The lowest BCUT2D eigenvalue weighted by molar-refractivity contribution is 0.444. The molecule has 0 spiro atoms. The molecule has 13 heavy (non-hydrogen) atoms. The first-order valence-corrected chi connectivity index (χ1v) is 4.87. The van der Waals surface area contributed by atoms with Crippen LogP contribution in [0.5, 0.6) is 0 Å². The molecule has 2 heterocycles. The van der Waals surface area contributed by atoms with Gasteiger partial charge in [0.05, 0.1) is 0 Å². The maximum absolute atomic E-state index is 4.25. The Morgan fingerprint density at radius 1 is 1.54 bits per heavy atom. The zero-order valence-electron chi connectivity index (χ0n) is 7.98. The van der Waals surface area contributed by atoms with Gasteiger partial charge in [0.2, 0.25) is 0 Å². The van der Waals surface area contributed by atoms with Gasteiger partial charge >= 0.3 is 0 Å². The molecule has 3 heteroatoms. The minimum atomic E-state index is 0.795. The minimum absolute atomic E-state index is 0.795. The van der Waals surface area contributed by atoms with Crippen LogP contribution in [0.2, 0.25) is 0 Å². The summed E-state index contributed by atoms with van der Waals surface area (Å²) in [5.74, 6) is 1.87. The fourth-order valence-corrected chi connectivity index (χ4v) is 1.87. The molecule has 0 radical (unpaired) electrons. The van der Waals surface area contributed by atoms with Gasteiger partial charge in [-0.15, -0.1) is 0 Å². The van der Waals surface area contributed by atoms with E-state index in [1.807, 2.05) is 12.3 Å². The molecule has 1 fully saturated rings. The van der Waals surface area contributed by atoms with Crippen molar-refractivity contribution in [1.82, 2.24) is 9.97 Å². The molecule has 0 aliphatic carbocycles. The third-order valence-electron chi connectivity index (χ3n) is 2.55. The van der Waals surface area contributed by atoms with E-state index >= 15 is 0 Å². The van der Waals surface area contributed by atoms with Crippen molar-refractivity contribution in [3.05, 3.63) is 18.6 Å². The fraction of sp³-hybridized carbons (Fsp3) is 0.600. The second-order valence-electron chi connectivity index (χ2n) is 3.76. The first kappa shape index (κ1) is 8.48. The average Bonchev–Trinajstić information content (AvgIpc) is 2.19. The highest BCUT2D eigenvalue weighted by molar-refractivity contribution is 5.36. The lowest BCUT2D eigenvalue weighted by atomic mass is 10.0. The van der Waals surface area contributed by atoms with Gasteiger partial charge in [-0.05, 0) is 24.8 Å². The molecular weight excluding hydrogens is 162 g/mol. The largest absolute Gasteiger partial charge is 0.356 e. The molecule has 2 rings (SSSR count). The highest BCUT2D eigenvalue weighted by Gasteiger charge is 2.16. The standard InChI is InChI=1S/C10H15N3/c1-9-3-2-6-13(7-9)10-4-5-11-8-12-10/h4-5,8-9H,2-3,6-7H2,1H3. The van der Waals surface area contributed by atoms with Crippen LogP contribution < -0.4 is 4.90 Å². The molecule has 0 aromatic carbocycles. The average molecular weight is 177 g/mol. The van der Waals surface area contributed by atoms with E-state index in [1.165, 1.54) is 12.8 Å². The van der Waals surface area contributed by atoms with Gasteiger partial charge in [-0.1, -0.05) is 6.92 Å². The number of anilines is 1. The third-order valence-corrected chi connectivity index (χ3v) is 2.55. The highest BCUT2D eigenvalue weighted by Crippen LogP contribution is 2.19. The molecule has 1 aromatic rings. The predicted molar refractivity (Wildman–Crippen MR) is 52.6 cm³/mol. The van der Waals surface area contributed by atoms with Gasteiger partial charge in [-0.25, -0.2) is 9.97 Å². The normalized spacial score (nSPS) is 23.2. The molecule has 3 nitrogen and oxygen atoms in total. The Hall–Kier alpha value is -1.12. The number of aromatic nitrogens is 2. The number of hydrogen-bond acceptors (Lipinski definition) is 3. The Balaban J connectivity index is 2.08. The number of piperidine rings is 1. The Bertz CT molecular complexity index is 260. The summed E-state index contributed by atoms with van der Waals surface area (Å²) in [5, 5.41) is 0. The van der Waals surface area contributed by atoms with Crippen LogP contribution >= 0.6 is 0 Å². The summed E-state index contributed by atoms with van der Waals surface area (Å²) in [6.07, 6.45) is 6.06. The quantitative estimate of drug-likeness (QED) is 0.654. The van der Waals surface area contributed by atoms with Crippen LogP contribution in [-0.2, 0) is 0 Å². The highest BCUT2D eigenvalue weighted by atomic mass is 15.2. The smallest absolute Gasteiger partial charge is 0.131 e. The van der Waals surface area contributed by atoms with Crippen LogP contribution in [0.1, 0.15) is 19.8 Å². The van der Waals surface area contributed by atoms with Crippen molar-refractivity contribution in [3.63, 3.8) is 0 Å². The van der Waals surface area contributed by atoms with Crippen LogP contribution in [-0.4, -0.2) is 23.1 Å². The van der Waals surface area contributed by atoms with E-state index in [1.54, 1.807) is 6.33 Å². The fourth-order valence-electron chi connectivity index (χ4n) is 1.87. The topological polar surface area (TPSA) is 29.0 Å². The molecule has 0 N–H and O–H groups in total. The van der Waals surface area contributed by atoms with E-state index in [0.29, 0.717) is 0 Å². The monoisotopic (exact) mass is 177 g/mol. The summed E-state index contributed by atoms with van der Waals surface area (Å²) in [5.41, 5.74) is 0. The van der Waals surface area contributed by atoms with Crippen LogP contribution in [0.4, 0.5) is 5.82 Å². The molecule has 1 saturated heterocycles. The van der Waals surface area contributed by atoms with Gasteiger partial charge in [-0.2, -0.15) is 0 Å². The van der Waals surface area contributed by atoms with Crippen LogP contribution in [0, 0.1) is 5.92 Å². The first-order valence-electron chi connectivity index (χ1n) is 4.87. The van der Waals surface area contributed by atoms with Crippen LogP contribution in [0.3, 0.4) is 0 Å². The second-order valence-corrected chi connectivity index (χ2v) is 3.76. The van der Waals surface area contributed by atoms with E-state index in [2.05, 4.69) is 21.8 Å². The summed E-state index contributed by atoms with van der Waals surface area (Å²) in [6.45, 7) is 4.58. The summed E-state index contributed by atoms with van der Waals surface area (Å²) >= 11 is 0. The first-order chi connectivity index (χ1) is 6.36. The van der Waals surface area contributed by atoms with Crippen LogP contribution in [0.15, 0.2) is 18.6 Å². The third kappa shape index (κ3) is 1.97. The molecule has 70 valence electrons. The van der Waals surface area contributed by atoms with Gasteiger partial charge < -0.3 is 4.90 Å². The Morgan fingerprint density at radius 2 is 2.46 bits per heavy atom. The SMILES string of the molecule is CC1CCCN(c2ccncn2)C1. The van der Waals surface area contributed by atoms with Crippen molar-refractivity contribution >= 4 is 5.82 Å². The summed E-state index contributed by atoms with van der Waals surface area (Å²) in [6, 6.07) is 1.98.